The lowest BCUT2D eigenvalue weighted by Gasteiger charge is -2.45. The van der Waals surface area contributed by atoms with Gasteiger partial charge < -0.3 is 9.88 Å². The summed E-state index contributed by atoms with van der Waals surface area (Å²) in [5.41, 5.74) is 1.82. The van der Waals surface area contributed by atoms with E-state index in [0.29, 0.717) is 23.9 Å². The molecule has 3 rings (SSSR count). The second-order valence-corrected chi connectivity index (χ2v) is 8.78. The van der Waals surface area contributed by atoms with Gasteiger partial charge in [-0.1, -0.05) is 26.0 Å². The van der Waals surface area contributed by atoms with E-state index < -0.39 is 0 Å². The zero-order valence-corrected chi connectivity index (χ0v) is 17.0. The lowest BCUT2D eigenvalue weighted by atomic mass is 9.88. The van der Waals surface area contributed by atoms with E-state index in [1.807, 2.05) is 35.0 Å². The Bertz CT molecular complexity index is 726. The summed E-state index contributed by atoms with van der Waals surface area (Å²) in [5.74, 6) is 1.42. The largest absolute Gasteiger partial charge is 0.350 e. The highest BCUT2D eigenvalue weighted by molar-refractivity contribution is 5.94. The molecule has 0 spiro atoms. The maximum absolute atomic E-state index is 12.6. The molecular formula is C22H32N4O. The zero-order chi connectivity index (χ0) is 19.4. The lowest BCUT2D eigenvalue weighted by Crippen LogP contribution is -2.56. The standard InChI is InChI=1S/C22H32N4O/c1-17-11-18(2)13-26(12-17)22(3,4)15-24-21(27)20-7-5-19(6-8-20)14-25-10-9-23-16-25/h5-10,16-18H,11-15H2,1-4H3,(H,24,27). The monoisotopic (exact) mass is 368 g/mol. The molecule has 0 aliphatic carbocycles. The number of nitrogens with zero attached hydrogens (tertiary/aromatic N) is 3. The summed E-state index contributed by atoms with van der Waals surface area (Å²) in [5, 5.41) is 3.14. The van der Waals surface area contributed by atoms with Gasteiger partial charge in [0.1, 0.15) is 0 Å². The molecule has 1 aromatic carbocycles. The second kappa shape index (κ2) is 8.26. The third kappa shape index (κ3) is 5.19. The van der Waals surface area contributed by atoms with Gasteiger partial charge in [-0.15, -0.1) is 0 Å². The third-order valence-corrected chi connectivity index (χ3v) is 5.55. The minimum atomic E-state index is -0.0417. The molecule has 0 radical (unpaired) electrons. The van der Waals surface area contributed by atoms with Gasteiger partial charge in [0.25, 0.3) is 5.91 Å². The first-order chi connectivity index (χ1) is 12.8. The van der Waals surface area contributed by atoms with E-state index in [0.717, 1.165) is 25.2 Å². The van der Waals surface area contributed by atoms with Crippen molar-refractivity contribution >= 4 is 5.91 Å². The fraction of sp³-hybridized carbons (Fsp3) is 0.545. The first-order valence-corrected chi connectivity index (χ1v) is 9.91. The number of hydrogen-bond acceptors (Lipinski definition) is 3. The van der Waals surface area contributed by atoms with E-state index in [2.05, 4.69) is 42.9 Å². The molecule has 1 N–H and O–H groups in total. The average Bonchev–Trinajstić information content (AvgIpc) is 3.12. The van der Waals surface area contributed by atoms with Gasteiger partial charge >= 0.3 is 0 Å². The summed E-state index contributed by atoms with van der Waals surface area (Å²) >= 11 is 0. The summed E-state index contributed by atoms with van der Waals surface area (Å²) < 4.78 is 2.01. The van der Waals surface area contributed by atoms with Crippen LogP contribution in [-0.4, -0.2) is 45.5 Å². The first kappa shape index (κ1) is 19.6. The van der Waals surface area contributed by atoms with Crippen LogP contribution in [0.5, 0.6) is 0 Å². The number of likely N-dealkylation sites (tertiary alicyclic amines) is 1. The van der Waals surface area contributed by atoms with Crippen LogP contribution in [0.2, 0.25) is 0 Å². The number of piperidine rings is 1. The van der Waals surface area contributed by atoms with Crippen LogP contribution in [0.25, 0.3) is 0 Å². The quantitative estimate of drug-likeness (QED) is 0.850. The second-order valence-electron chi connectivity index (χ2n) is 8.78. The Morgan fingerprint density at radius 1 is 1.19 bits per heavy atom. The summed E-state index contributed by atoms with van der Waals surface area (Å²) in [7, 11) is 0. The van der Waals surface area contributed by atoms with Gasteiger partial charge in [0.2, 0.25) is 0 Å². The highest BCUT2D eigenvalue weighted by Gasteiger charge is 2.32. The number of imidazole rings is 1. The molecule has 27 heavy (non-hydrogen) atoms. The van der Waals surface area contributed by atoms with Gasteiger partial charge in [-0.2, -0.15) is 0 Å². The van der Waals surface area contributed by atoms with E-state index in [4.69, 9.17) is 0 Å². The third-order valence-electron chi connectivity index (χ3n) is 5.55. The number of rotatable bonds is 6. The molecule has 0 bridgehead atoms. The minimum Gasteiger partial charge on any atom is -0.350 e. The lowest BCUT2D eigenvalue weighted by molar-refractivity contribution is 0.0445. The minimum absolute atomic E-state index is 0.00429. The van der Waals surface area contributed by atoms with Crippen LogP contribution < -0.4 is 5.32 Å². The number of benzene rings is 1. The predicted molar refractivity (Wildman–Crippen MR) is 109 cm³/mol. The molecule has 2 atom stereocenters. The number of nitrogens with one attached hydrogen (secondary N) is 1. The molecule has 146 valence electrons. The molecule has 1 amide bonds. The molecule has 1 fully saturated rings. The van der Waals surface area contributed by atoms with Gasteiger partial charge in [0.05, 0.1) is 6.33 Å². The molecular weight excluding hydrogens is 336 g/mol. The molecule has 5 heteroatoms. The fourth-order valence-corrected chi connectivity index (χ4v) is 4.02. The van der Waals surface area contributed by atoms with Crippen LogP contribution in [0.4, 0.5) is 0 Å². The normalized spacial score (nSPS) is 21.2. The van der Waals surface area contributed by atoms with Crippen molar-refractivity contribution in [1.29, 1.82) is 0 Å². The summed E-state index contributed by atoms with van der Waals surface area (Å²) in [6.07, 6.45) is 6.80. The van der Waals surface area contributed by atoms with Gasteiger partial charge in [-0.3, -0.25) is 9.69 Å². The van der Waals surface area contributed by atoms with Crippen LogP contribution in [0, 0.1) is 11.8 Å². The van der Waals surface area contributed by atoms with E-state index in [1.165, 1.54) is 6.42 Å². The van der Waals surface area contributed by atoms with E-state index in [1.54, 1.807) is 12.5 Å². The predicted octanol–water partition coefficient (Wildman–Crippen LogP) is 3.42. The van der Waals surface area contributed by atoms with Crippen LogP contribution in [0.1, 0.15) is 50.0 Å². The highest BCUT2D eigenvalue weighted by Crippen LogP contribution is 2.26. The van der Waals surface area contributed by atoms with Crippen molar-refractivity contribution in [3.05, 3.63) is 54.1 Å². The number of carbonyl (C=O) groups is 1. The molecule has 1 saturated heterocycles. The summed E-state index contributed by atoms with van der Waals surface area (Å²) in [4.78, 5) is 19.2. The molecule has 2 aromatic rings. The Hall–Kier alpha value is -2.14. The summed E-state index contributed by atoms with van der Waals surface area (Å²) in [6.45, 7) is 12.7. The van der Waals surface area contributed by atoms with Crippen molar-refractivity contribution in [3.63, 3.8) is 0 Å². The van der Waals surface area contributed by atoms with Crippen molar-refractivity contribution in [2.24, 2.45) is 11.8 Å². The van der Waals surface area contributed by atoms with Crippen molar-refractivity contribution in [2.45, 2.75) is 46.2 Å². The molecule has 2 unspecified atom stereocenters. The number of amides is 1. The van der Waals surface area contributed by atoms with Gasteiger partial charge in [0.15, 0.2) is 0 Å². The average molecular weight is 369 g/mol. The molecule has 1 aliphatic heterocycles. The molecule has 1 aliphatic rings. The van der Waals surface area contributed by atoms with Crippen molar-refractivity contribution in [3.8, 4) is 0 Å². The maximum atomic E-state index is 12.6. The molecule has 5 nitrogen and oxygen atoms in total. The Morgan fingerprint density at radius 3 is 2.44 bits per heavy atom. The number of carbonyl (C=O) groups excluding carboxylic acids is 1. The Balaban J connectivity index is 1.55. The maximum Gasteiger partial charge on any atom is 0.251 e. The van der Waals surface area contributed by atoms with Crippen molar-refractivity contribution in [2.75, 3.05) is 19.6 Å². The van der Waals surface area contributed by atoms with Crippen LogP contribution in [0.3, 0.4) is 0 Å². The van der Waals surface area contributed by atoms with Crippen molar-refractivity contribution in [1.82, 2.24) is 19.8 Å². The van der Waals surface area contributed by atoms with Gasteiger partial charge in [0, 0.05) is 49.7 Å². The Kier molecular flexibility index (Phi) is 6.00. The number of hydrogen-bond donors (Lipinski definition) is 1. The summed E-state index contributed by atoms with van der Waals surface area (Å²) in [6, 6.07) is 7.82. The van der Waals surface area contributed by atoms with E-state index in [-0.39, 0.29) is 11.4 Å². The van der Waals surface area contributed by atoms with Crippen LogP contribution >= 0.6 is 0 Å². The fourth-order valence-electron chi connectivity index (χ4n) is 4.02. The van der Waals surface area contributed by atoms with E-state index >= 15 is 0 Å². The van der Waals surface area contributed by atoms with Crippen LogP contribution in [-0.2, 0) is 6.54 Å². The number of aromatic nitrogens is 2. The Labute approximate surface area is 162 Å². The topological polar surface area (TPSA) is 50.2 Å². The Morgan fingerprint density at radius 2 is 1.85 bits per heavy atom. The van der Waals surface area contributed by atoms with Crippen LogP contribution in [0.15, 0.2) is 43.0 Å². The SMILES string of the molecule is CC1CC(C)CN(C(C)(C)CNC(=O)c2ccc(Cn3ccnc3)cc2)C1. The van der Waals surface area contributed by atoms with Gasteiger partial charge in [-0.25, -0.2) is 4.98 Å². The van der Waals surface area contributed by atoms with Crippen molar-refractivity contribution < 1.29 is 4.79 Å². The molecule has 1 aromatic heterocycles. The van der Waals surface area contributed by atoms with E-state index in [9.17, 15) is 4.79 Å². The molecule has 0 saturated carbocycles. The van der Waals surface area contributed by atoms with Gasteiger partial charge in [-0.05, 0) is 49.8 Å². The highest BCUT2D eigenvalue weighted by atomic mass is 16.1. The zero-order valence-electron chi connectivity index (χ0n) is 17.0. The molecule has 2 heterocycles. The first-order valence-electron chi connectivity index (χ1n) is 9.91. The smallest absolute Gasteiger partial charge is 0.251 e.